The van der Waals surface area contributed by atoms with Crippen LogP contribution in [-0.2, 0) is 18.2 Å². The molecule has 0 N–H and O–H groups in total. The van der Waals surface area contributed by atoms with Crippen molar-refractivity contribution in [3.8, 4) is 11.1 Å². The first kappa shape index (κ1) is 22.2. The first-order valence-corrected chi connectivity index (χ1v) is 11.2. The summed E-state index contributed by atoms with van der Waals surface area (Å²) in [5.41, 5.74) is 6.69. The van der Waals surface area contributed by atoms with Crippen LogP contribution in [0.2, 0.25) is 0 Å². The third-order valence-corrected chi connectivity index (χ3v) is 6.04. The minimum absolute atomic E-state index is 0.0778. The molecule has 3 aromatic rings. The van der Waals surface area contributed by atoms with Crippen LogP contribution >= 0.6 is 0 Å². The molecule has 0 saturated carbocycles. The maximum absolute atomic E-state index is 13.6. The molecule has 1 unspecified atom stereocenters. The first-order chi connectivity index (χ1) is 15.5. The van der Waals surface area contributed by atoms with E-state index in [-0.39, 0.29) is 17.4 Å². The summed E-state index contributed by atoms with van der Waals surface area (Å²) in [6.45, 7) is 2.55. The SMILES string of the molecule is CCCCCc1ccc2c(c1)-c1cn(C)c(=O)cc1C(COC)N=C2c1ccc(F)cc1. The van der Waals surface area contributed by atoms with Crippen LogP contribution in [0, 0.1) is 5.82 Å². The lowest BCUT2D eigenvalue weighted by molar-refractivity contribution is 0.182. The van der Waals surface area contributed by atoms with E-state index in [9.17, 15) is 9.18 Å². The van der Waals surface area contributed by atoms with Gasteiger partial charge in [0.1, 0.15) is 5.82 Å². The van der Waals surface area contributed by atoms with Gasteiger partial charge in [0.25, 0.3) is 5.56 Å². The Bertz CT molecular complexity index is 1200. The van der Waals surface area contributed by atoms with E-state index in [0.29, 0.717) is 6.61 Å². The predicted molar refractivity (Wildman–Crippen MR) is 127 cm³/mol. The highest BCUT2D eigenvalue weighted by molar-refractivity contribution is 6.17. The molecule has 1 aliphatic rings. The summed E-state index contributed by atoms with van der Waals surface area (Å²) in [7, 11) is 3.41. The molecular weight excluding hydrogens is 403 g/mol. The lowest BCUT2D eigenvalue weighted by atomic mass is 9.90. The Kier molecular flexibility index (Phi) is 6.66. The molecule has 0 saturated heterocycles. The molecule has 4 nitrogen and oxygen atoms in total. The number of aliphatic imine (C=N–C) groups is 1. The number of unbranched alkanes of at least 4 members (excludes halogenated alkanes) is 2. The number of aromatic nitrogens is 1. The average molecular weight is 433 g/mol. The van der Waals surface area contributed by atoms with E-state index in [0.717, 1.165) is 46.4 Å². The summed E-state index contributed by atoms with van der Waals surface area (Å²) in [6.07, 6.45) is 6.42. The van der Waals surface area contributed by atoms with Gasteiger partial charge in [-0.1, -0.05) is 38.0 Å². The average Bonchev–Trinajstić information content (AvgIpc) is 2.91. The van der Waals surface area contributed by atoms with Gasteiger partial charge in [0.2, 0.25) is 0 Å². The molecule has 0 fully saturated rings. The quantitative estimate of drug-likeness (QED) is 0.465. The number of ether oxygens (including phenoxy) is 1. The van der Waals surface area contributed by atoms with E-state index in [1.165, 1.54) is 30.5 Å². The third kappa shape index (κ3) is 4.44. The predicted octanol–water partition coefficient (Wildman–Crippen LogP) is 5.46. The van der Waals surface area contributed by atoms with Crippen molar-refractivity contribution in [1.82, 2.24) is 4.57 Å². The Labute approximate surface area is 188 Å². The summed E-state index contributed by atoms with van der Waals surface area (Å²) in [4.78, 5) is 17.6. The van der Waals surface area contributed by atoms with E-state index in [1.54, 1.807) is 36.9 Å². The van der Waals surface area contributed by atoms with Crippen molar-refractivity contribution in [3.05, 3.63) is 93.2 Å². The summed E-state index contributed by atoms with van der Waals surface area (Å²) in [5, 5.41) is 0. The maximum atomic E-state index is 13.6. The molecule has 2 heterocycles. The smallest absolute Gasteiger partial charge is 0.250 e. The number of rotatable bonds is 7. The zero-order valence-corrected chi connectivity index (χ0v) is 18.9. The lowest BCUT2D eigenvalue weighted by Gasteiger charge is -2.16. The molecular formula is C27H29FN2O2. The Hall–Kier alpha value is -3.05. The monoisotopic (exact) mass is 432 g/mol. The molecule has 1 aliphatic heterocycles. The van der Waals surface area contributed by atoms with Gasteiger partial charge in [0, 0.05) is 43.1 Å². The highest BCUT2D eigenvalue weighted by Crippen LogP contribution is 2.37. The number of hydrogen-bond acceptors (Lipinski definition) is 3. The number of halogens is 1. The normalized spacial score (nSPS) is 15.0. The summed E-state index contributed by atoms with van der Waals surface area (Å²) in [6, 6.07) is 14.3. The summed E-state index contributed by atoms with van der Waals surface area (Å²) in [5.74, 6) is -0.283. The minimum atomic E-state index is -0.333. The third-order valence-electron chi connectivity index (χ3n) is 6.04. The fourth-order valence-electron chi connectivity index (χ4n) is 4.32. The molecule has 0 spiro atoms. The topological polar surface area (TPSA) is 43.6 Å². The van der Waals surface area contributed by atoms with Crippen molar-refractivity contribution in [3.63, 3.8) is 0 Å². The van der Waals surface area contributed by atoms with Gasteiger partial charge in [-0.05, 0) is 53.8 Å². The highest BCUT2D eigenvalue weighted by atomic mass is 19.1. The molecule has 1 atom stereocenters. The van der Waals surface area contributed by atoms with Crippen LogP contribution in [-0.4, -0.2) is 24.0 Å². The maximum Gasteiger partial charge on any atom is 0.250 e. The second kappa shape index (κ2) is 9.61. The van der Waals surface area contributed by atoms with Crippen molar-refractivity contribution in [2.75, 3.05) is 13.7 Å². The van der Waals surface area contributed by atoms with Crippen LogP contribution in [0.1, 0.15) is 54.5 Å². The zero-order valence-electron chi connectivity index (χ0n) is 18.9. The van der Waals surface area contributed by atoms with Gasteiger partial charge in [0.05, 0.1) is 18.4 Å². The number of fused-ring (bicyclic) bond motifs is 3. The fourth-order valence-corrected chi connectivity index (χ4v) is 4.32. The first-order valence-electron chi connectivity index (χ1n) is 11.2. The Morgan fingerprint density at radius 1 is 1.03 bits per heavy atom. The van der Waals surface area contributed by atoms with Gasteiger partial charge in [-0.15, -0.1) is 0 Å². The number of hydrogen-bond donors (Lipinski definition) is 0. The van der Waals surface area contributed by atoms with Crippen LogP contribution in [0.3, 0.4) is 0 Å². The molecule has 1 aromatic heterocycles. The van der Waals surface area contributed by atoms with Crippen molar-refractivity contribution >= 4 is 5.71 Å². The van der Waals surface area contributed by atoms with Crippen LogP contribution in [0.4, 0.5) is 4.39 Å². The Morgan fingerprint density at radius 2 is 1.81 bits per heavy atom. The molecule has 5 heteroatoms. The van der Waals surface area contributed by atoms with Crippen LogP contribution in [0.15, 0.2) is 64.5 Å². The molecule has 166 valence electrons. The van der Waals surface area contributed by atoms with Gasteiger partial charge in [0.15, 0.2) is 0 Å². The van der Waals surface area contributed by atoms with Gasteiger partial charge in [-0.3, -0.25) is 9.79 Å². The number of pyridine rings is 1. The van der Waals surface area contributed by atoms with E-state index < -0.39 is 0 Å². The number of nitrogens with zero attached hydrogens (tertiary/aromatic N) is 2. The van der Waals surface area contributed by atoms with Crippen molar-refractivity contribution in [1.29, 1.82) is 0 Å². The zero-order chi connectivity index (χ0) is 22.7. The molecule has 0 amide bonds. The van der Waals surface area contributed by atoms with Crippen molar-refractivity contribution in [2.24, 2.45) is 12.0 Å². The molecule has 0 radical (unpaired) electrons. The number of aryl methyl sites for hydroxylation is 2. The van der Waals surface area contributed by atoms with Crippen molar-refractivity contribution < 1.29 is 9.13 Å². The van der Waals surface area contributed by atoms with Crippen LogP contribution in [0.5, 0.6) is 0 Å². The fraction of sp³-hybridized carbons (Fsp3) is 0.333. The standard InChI is InChI=1S/C27H29FN2O2/c1-4-5-6-7-18-8-13-21-22(14-18)24-16-30(2)26(31)15-23(24)25(17-32-3)29-27(21)19-9-11-20(28)12-10-19/h8-16,25H,4-7,17H2,1-3H3. The van der Waals surface area contributed by atoms with Gasteiger partial charge >= 0.3 is 0 Å². The van der Waals surface area contributed by atoms with E-state index in [4.69, 9.17) is 9.73 Å². The molecule has 0 aliphatic carbocycles. The number of methoxy groups -OCH3 is 1. The van der Waals surface area contributed by atoms with Crippen LogP contribution < -0.4 is 5.56 Å². The second-order valence-corrected chi connectivity index (χ2v) is 8.38. The largest absolute Gasteiger partial charge is 0.382 e. The highest BCUT2D eigenvalue weighted by Gasteiger charge is 2.26. The van der Waals surface area contributed by atoms with Gasteiger partial charge in [-0.25, -0.2) is 4.39 Å². The Morgan fingerprint density at radius 3 is 2.53 bits per heavy atom. The van der Waals surface area contributed by atoms with E-state index >= 15 is 0 Å². The summed E-state index contributed by atoms with van der Waals surface area (Å²) >= 11 is 0. The number of benzene rings is 2. The molecule has 2 aromatic carbocycles. The lowest BCUT2D eigenvalue weighted by Crippen LogP contribution is -2.18. The Balaban J connectivity index is 1.95. The second-order valence-electron chi connectivity index (χ2n) is 8.38. The minimum Gasteiger partial charge on any atom is -0.382 e. The molecule has 0 bridgehead atoms. The van der Waals surface area contributed by atoms with Gasteiger partial charge in [-0.2, -0.15) is 0 Å². The van der Waals surface area contributed by atoms with E-state index in [2.05, 4.69) is 25.1 Å². The van der Waals surface area contributed by atoms with E-state index in [1.807, 2.05) is 6.20 Å². The van der Waals surface area contributed by atoms with Gasteiger partial charge < -0.3 is 9.30 Å². The summed E-state index contributed by atoms with van der Waals surface area (Å²) < 4.78 is 20.7. The van der Waals surface area contributed by atoms with Crippen LogP contribution in [0.25, 0.3) is 11.1 Å². The van der Waals surface area contributed by atoms with Crippen molar-refractivity contribution in [2.45, 2.75) is 38.6 Å². The molecule has 32 heavy (non-hydrogen) atoms. The molecule has 4 rings (SSSR count).